The van der Waals surface area contributed by atoms with E-state index in [1.807, 2.05) is 13.8 Å². The minimum absolute atomic E-state index is 0.0710. The van der Waals surface area contributed by atoms with Crippen LogP contribution in [0.5, 0.6) is 0 Å². The minimum atomic E-state index is -0.783. The van der Waals surface area contributed by atoms with E-state index in [0.29, 0.717) is 19.0 Å². The Morgan fingerprint density at radius 1 is 1.35 bits per heavy atom. The molecule has 0 atom stereocenters. The number of hydrogen-bond acceptors (Lipinski definition) is 3. The second-order valence-electron chi connectivity index (χ2n) is 5.53. The Bertz CT molecular complexity index is 256. The number of aliphatic hydroxyl groups is 1. The van der Waals surface area contributed by atoms with Gasteiger partial charge < -0.3 is 10.0 Å². The van der Waals surface area contributed by atoms with Gasteiger partial charge in [-0.05, 0) is 19.8 Å². The molecule has 0 saturated carbocycles. The molecule has 0 aliphatic carbocycles. The maximum absolute atomic E-state index is 11.9. The van der Waals surface area contributed by atoms with E-state index in [1.54, 1.807) is 4.90 Å². The number of amides is 1. The molecule has 1 fully saturated rings. The SMILES string of the molecule is CCN(CC)C(=O)CC1(O)CN(CC(C)C)C1. The Kier molecular flexibility index (Phi) is 4.95. The monoisotopic (exact) mass is 242 g/mol. The number of β-amino-alcohol motifs (C(OH)–C–C–N with tert-alkyl or cyclic N) is 1. The fourth-order valence-electron chi connectivity index (χ4n) is 2.51. The molecule has 17 heavy (non-hydrogen) atoms. The molecule has 100 valence electrons. The van der Waals surface area contributed by atoms with Crippen LogP contribution in [0.4, 0.5) is 0 Å². The lowest BCUT2D eigenvalue weighted by atomic mass is 9.89. The van der Waals surface area contributed by atoms with Crippen LogP contribution in [0.2, 0.25) is 0 Å². The molecule has 1 rings (SSSR count). The molecule has 1 aliphatic rings. The van der Waals surface area contributed by atoms with Gasteiger partial charge in [-0.2, -0.15) is 0 Å². The number of carbonyl (C=O) groups excluding carboxylic acids is 1. The van der Waals surface area contributed by atoms with Crippen LogP contribution in [0, 0.1) is 5.92 Å². The number of likely N-dealkylation sites (tertiary alicyclic amines) is 1. The van der Waals surface area contributed by atoms with Crippen molar-refractivity contribution in [1.29, 1.82) is 0 Å². The number of carbonyl (C=O) groups is 1. The lowest BCUT2D eigenvalue weighted by Crippen LogP contribution is -2.63. The maximum atomic E-state index is 11.9. The number of nitrogens with zero attached hydrogens (tertiary/aromatic N) is 2. The topological polar surface area (TPSA) is 43.8 Å². The molecule has 1 amide bonds. The van der Waals surface area contributed by atoms with Crippen molar-refractivity contribution in [3.63, 3.8) is 0 Å². The highest BCUT2D eigenvalue weighted by Crippen LogP contribution is 2.25. The molecule has 0 radical (unpaired) electrons. The molecular weight excluding hydrogens is 216 g/mol. The van der Waals surface area contributed by atoms with E-state index in [9.17, 15) is 9.90 Å². The van der Waals surface area contributed by atoms with Crippen LogP contribution in [0.1, 0.15) is 34.1 Å². The summed E-state index contributed by atoms with van der Waals surface area (Å²) in [5.74, 6) is 0.680. The van der Waals surface area contributed by atoms with Crippen molar-refractivity contribution in [2.75, 3.05) is 32.7 Å². The first-order valence-corrected chi connectivity index (χ1v) is 6.62. The molecule has 0 unspecified atom stereocenters. The lowest BCUT2D eigenvalue weighted by molar-refractivity contribution is -0.148. The Balaban J connectivity index is 2.36. The molecule has 1 aliphatic heterocycles. The van der Waals surface area contributed by atoms with Gasteiger partial charge in [0.2, 0.25) is 5.91 Å². The van der Waals surface area contributed by atoms with Crippen molar-refractivity contribution < 1.29 is 9.90 Å². The predicted molar refractivity (Wildman–Crippen MR) is 68.8 cm³/mol. The largest absolute Gasteiger partial charge is 0.387 e. The summed E-state index contributed by atoms with van der Waals surface area (Å²) in [6.07, 6.45) is 0.267. The smallest absolute Gasteiger partial charge is 0.225 e. The van der Waals surface area contributed by atoms with E-state index in [1.165, 1.54) is 0 Å². The zero-order valence-corrected chi connectivity index (χ0v) is 11.6. The van der Waals surface area contributed by atoms with Gasteiger partial charge in [0, 0.05) is 32.7 Å². The standard InChI is InChI=1S/C13H26N2O2/c1-5-15(6-2)12(16)7-13(17)9-14(10-13)8-11(3)4/h11,17H,5-10H2,1-4H3. The summed E-state index contributed by atoms with van der Waals surface area (Å²) in [5, 5.41) is 10.2. The Morgan fingerprint density at radius 3 is 2.29 bits per heavy atom. The fourth-order valence-corrected chi connectivity index (χ4v) is 2.51. The van der Waals surface area contributed by atoms with Gasteiger partial charge in [0.1, 0.15) is 0 Å². The lowest BCUT2D eigenvalue weighted by Gasteiger charge is -2.47. The van der Waals surface area contributed by atoms with Gasteiger partial charge in [-0.25, -0.2) is 0 Å². The van der Waals surface area contributed by atoms with Gasteiger partial charge >= 0.3 is 0 Å². The third-order valence-electron chi connectivity index (χ3n) is 3.26. The predicted octanol–water partition coefficient (Wildman–Crippen LogP) is 0.948. The van der Waals surface area contributed by atoms with Gasteiger partial charge in [0.05, 0.1) is 12.0 Å². The maximum Gasteiger partial charge on any atom is 0.225 e. The average molecular weight is 242 g/mol. The van der Waals surface area contributed by atoms with Crippen molar-refractivity contribution in [3.8, 4) is 0 Å². The van der Waals surface area contributed by atoms with Crippen molar-refractivity contribution in [2.24, 2.45) is 5.92 Å². The van der Waals surface area contributed by atoms with Gasteiger partial charge in [-0.15, -0.1) is 0 Å². The number of rotatable bonds is 6. The highest BCUT2D eigenvalue weighted by molar-refractivity contribution is 5.77. The first-order valence-electron chi connectivity index (χ1n) is 6.62. The van der Waals surface area contributed by atoms with Crippen LogP contribution in [0.3, 0.4) is 0 Å². The van der Waals surface area contributed by atoms with Crippen LogP contribution in [0.25, 0.3) is 0 Å². The van der Waals surface area contributed by atoms with Crippen LogP contribution < -0.4 is 0 Å². The Labute approximate surface area is 105 Å². The Morgan fingerprint density at radius 2 is 1.88 bits per heavy atom. The van der Waals surface area contributed by atoms with Gasteiger partial charge in [0.25, 0.3) is 0 Å². The van der Waals surface area contributed by atoms with Crippen molar-refractivity contribution in [3.05, 3.63) is 0 Å². The zero-order valence-electron chi connectivity index (χ0n) is 11.6. The van der Waals surface area contributed by atoms with E-state index in [0.717, 1.165) is 19.6 Å². The second kappa shape index (κ2) is 5.83. The van der Waals surface area contributed by atoms with Crippen molar-refractivity contribution >= 4 is 5.91 Å². The molecule has 1 saturated heterocycles. The van der Waals surface area contributed by atoms with Crippen LogP contribution in [-0.2, 0) is 4.79 Å². The molecule has 4 nitrogen and oxygen atoms in total. The first-order chi connectivity index (χ1) is 7.90. The molecule has 0 aromatic rings. The Hall–Kier alpha value is -0.610. The highest BCUT2D eigenvalue weighted by atomic mass is 16.3. The minimum Gasteiger partial charge on any atom is -0.387 e. The van der Waals surface area contributed by atoms with Crippen LogP contribution in [-0.4, -0.2) is 59.1 Å². The molecular formula is C13H26N2O2. The number of hydrogen-bond donors (Lipinski definition) is 1. The summed E-state index contributed by atoms with van der Waals surface area (Å²) < 4.78 is 0. The third kappa shape index (κ3) is 3.96. The molecule has 1 heterocycles. The molecule has 1 N–H and O–H groups in total. The summed E-state index contributed by atoms with van der Waals surface area (Å²) in [6, 6.07) is 0. The second-order valence-corrected chi connectivity index (χ2v) is 5.53. The van der Waals surface area contributed by atoms with E-state index >= 15 is 0 Å². The molecule has 0 aromatic heterocycles. The van der Waals surface area contributed by atoms with Gasteiger partial charge in [-0.1, -0.05) is 13.8 Å². The summed E-state index contributed by atoms with van der Waals surface area (Å²) >= 11 is 0. The summed E-state index contributed by atoms with van der Waals surface area (Å²) in [5.41, 5.74) is -0.783. The quantitative estimate of drug-likeness (QED) is 0.754. The van der Waals surface area contributed by atoms with E-state index in [2.05, 4.69) is 18.7 Å². The van der Waals surface area contributed by atoms with Crippen LogP contribution in [0.15, 0.2) is 0 Å². The molecule has 0 aromatic carbocycles. The summed E-state index contributed by atoms with van der Waals surface area (Å²) in [7, 11) is 0. The van der Waals surface area contributed by atoms with Crippen LogP contribution >= 0.6 is 0 Å². The average Bonchev–Trinajstić information content (AvgIpc) is 2.16. The highest BCUT2D eigenvalue weighted by Gasteiger charge is 2.43. The zero-order chi connectivity index (χ0) is 13.1. The normalized spacial score (nSPS) is 19.2. The van der Waals surface area contributed by atoms with E-state index in [4.69, 9.17) is 0 Å². The molecule has 0 spiro atoms. The fraction of sp³-hybridized carbons (Fsp3) is 0.923. The van der Waals surface area contributed by atoms with E-state index in [-0.39, 0.29) is 12.3 Å². The van der Waals surface area contributed by atoms with Gasteiger partial charge in [-0.3, -0.25) is 9.69 Å². The molecule has 4 heteroatoms. The first kappa shape index (κ1) is 14.5. The third-order valence-corrected chi connectivity index (χ3v) is 3.26. The van der Waals surface area contributed by atoms with Gasteiger partial charge in [0.15, 0.2) is 0 Å². The van der Waals surface area contributed by atoms with Crippen molar-refractivity contribution in [2.45, 2.75) is 39.7 Å². The summed E-state index contributed by atoms with van der Waals surface area (Å²) in [4.78, 5) is 15.9. The molecule has 0 bridgehead atoms. The van der Waals surface area contributed by atoms with Crippen molar-refractivity contribution in [1.82, 2.24) is 9.80 Å². The summed E-state index contributed by atoms with van der Waals surface area (Å²) in [6.45, 7) is 12.0. The van der Waals surface area contributed by atoms with E-state index < -0.39 is 5.60 Å².